The van der Waals surface area contributed by atoms with E-state index in [0.717, 1.165) is 28.1 Å². The first-order valence-electron chi connectivity index (χ1n) is 8.68. The van der Waals surface area contributed by atoms with Crippen molar-refractivity contribution in [2.24, 2.45) is 5.92 Å². The minimum absolute atomic E-state index is 0.0441. The Morgan fingerprint density at radius 3 is 2.38 bits per heavy atom. The van der Waals surface area contributed by atoms with Gasteiger partial charge in [0.05, 0.1) is 0 Å². The van der Waals surface area contributed by atoms with E-state index in [-0.39, 0.29) is 17.9 Å². The monoisotopic (exact) mass is 385 g/mol. The molecule has 2 aromatic rings. The lowest BCUT2D eigenvalue weighted by atomic mass is 9.82. The molecular weight excluding hydrogens is 366 g/mol. The van der Waals surface area contributed by atoms with Crippen LogP contribution in [0.4, 0.5) is 0 Å². The van der Waals surface area contributed by atoms with Gasteiger partial charge in [0.25, 0.3) is 11.8 Å². The van der Waals surface area contributed by atoms with E-state index in [0.29, 0.717) is 17.0 Å². The van der Waals surface area contributed by atoms with Crippen LogP contribution in [-0.2, 0) is 0 Å². The van der Waals surface area contributed by atoms with Crippen LogP contribution in [0.15, 0.2) is 34.8 Å². The second-order valence-corrected chi connectivity index (χ2v) is 7.80. The first-order valence-corrected chi connectivity index (χ1v) is 9.48. The standard InChI is InChI=1S/C20H20BrNO2/c1-12(13-6-3-2-4-7-13)22-19(23)15-9-5-8-14-17(21)11-10-16(18(14)15)20(22)24/h5,8-13H,2-4,6-7H2,1H3/t12-/m0/s1. The van der Waals surface area contributed by atoms with Crippen molar-refractivity contribution in [1.82, 2.24) is 4.90 Å². The van der Waals surface area contributed by atoms with E-state index in [1.807, 2.05) is 37.3 Å². The van der Waals surface area contributed by atoms with E-state index in [4.69, 9.17) is 0 Å². The number of carbonyl (C=O) groups excluding carboxylic acids is 2. The molecule has 0 radical (unpaired) electrons. The Balaban J connectivity index is 1.82. The molecule has 0 unspecified atom stereocenters. The molecule has 3 nitrogen and oxygen atoms in total. The summed E-state index contributed by atoms with van der Waals surface area (Å²) in [4.78, 5) is 27.7. The molecule has 4 heteroatoms. The molecule has 1 saturated carbocycles. The van der Waals surface area contributed by atoms with Crippen molar-refractivity contribution in [2.45, 2.75) is 45.1 Å². The van der Waals surface area contributed by atoms with Crippen LogP contribution in [0.2, 0.25) is 0 Å². The van der Waals surface area contributed by atoms with E-state index in [9.17, 15) is 9.59 Å². The third-order valence-corrected chi connectivity index (χ3v) is 6.32. The van der Waals surface area contributed by atoms with Gasteiger partial charge in [-0.3, -0.25) is 14.5 Å². The number of rotatable bonds is 2. The summed E-state index contributed by atoms with van der Waals surface area (Å²) >= 11 is 3.53. The number of nitrogens with zero attached hydrogens (tertiary/aromatic N) is 1. The van der Waals surface area contributed by atoms with E-state index >= 15 is 0 Å². The molecule has 0 bridgehead atoms. The van der Waals surface area contributed by atoms with Crippen LogP contribution in [0.25, 0.3) is 10.8 Å². The first kappa shape index (κ1) is 15.8. The molecule has 1 fully saturated rings. The van der Waals surface area contributed by atoms with Crippen molar-refractivity contribution in [3.8, 4) is 0 Å². The molecule has 2 aliphatic rings. The zero-order valence-corrected chi connectivity index (χ0v) is 15.3. The van der Waals surface area contributed by atoms with Crippen LogP contribution in [0.5, 0.6) is 0 Å². The highest BCUT2D eigenvalue weighted by Crippen LogP contribution is 2.37. The molecule has 1 atom stereocenters. The number of hydrogen-bond acceptors (Lipinski definition) is 2. The van der Waals surface area contributed by atoms with Crippen LogP contribution < -0.4 is 0 Å². The average molecular weight is 386 g/mol. The van der Waals surface area contributed by atoms with Gasteiger partial charge in [-0.05, 0) is 49.3 Å². The predicted molar refractivity (Wildman–Crippen MR) is 98.2 cm³/mol. The molecule has 24 heavy (non-hydrogen) atoms. The summed E-state index contributed by atoms with van der Waals surface area (Å²) in [6.45, 7) is 2.04. The topological polar surface area (TPSA) is 37.4 Å². The summed E-state index contributed by atoms with van der Waals surface area (Å²) in [6.07, 6.45) is 5.88. The van der Waals surface area contributed by atoms with Crippen LogP contribution in [0, 0.1) is 5.92 Å². The summed E-state index contributed by atoms with van der Waals surface area (Å²) < 4.78 is 0.914. The number of halogens is 1. The second-order valence-electron chi connectivity index (χ2n) is 6.94. The molecule has 2 aromatic carbocycles. The zero-order valence-electron chi connectivity index (χ0n) is 13.7. The van der Waals surface area contributed by atoms with Crippen molar-refractivity contribution in [3.05, 3.63) is 45.9 Å². The van der Waals surface area contributed by atoms with Crippen molar-refractivity contribution in [1.29, 1.82) is 0 Å². The van der Waals surface area contributed by atoms with Gasteiger partial charge >= 0.3 is 0 Å². The molecule has 124 valence electrons. The van der Waals surface area contributed by atoms with E-state index < -0.39 is 0 Å². The van der Waals surface area contributed by atoms with Crippen molar-refractivity contribution < 1.29 is 9.59 Å². The molecule has 0 spiro atoms. The Hall–Kier alpha value is -1.68. The highest BCUT2D eigenvalue weighted by atomic mass is 79.9. The smallest absolute Gasteiger partial charge is 0.261 e. The molecular formula is C20H20BrNO2. The van der Waals surface area contributed by atoms with Crippen LogP contribution in [0.3, 0.4) is 0 Å². The minimum atomic E-state index is -0.144. The first-order chi connectivity index (χ1) is 11.6. The fourth-order valence-corrected chi connectivity index (χ4v) is 4.74. The van der Waals surface area contributed by atoms with Crippen molar-refractivity contribution >= 4 is 38.5 Å². The molecule has 2 amide bonds. The normalized spacial score (nSPS) is 19.8. The number of carbonyl (C=O) groups is 2. The lowest BCUT2D eigenvalue weighted by Crippen LogP contribution is -2.49. The fraction of sp³-hybridized carbons (Fsp3) is 0.400. The maximum Gasteiger partial charge on any atom is 0.261 e. The van der Waals surface area contributed by atoms with Crippen LogP contribution >= 0.6 is 15.9 Å². The van der Waals surface area contributed by atoms with E-state index in [1.54, 1.807) is 0 Å². The van der Waals surface area contributed by atoms with Gasteiger partial charge in [-0.2, -0.15) is 0 Å². The summed E-state index contributed by atoms with van der Waals surface area (Å²) in [6, 6.07) is 9.38. The molecule has 0 N–H and O–H groups in total. The van der Waals surface area contributed by atoms with Gasteiger partial charge in [-0.25, -0.2) is 0 Å². The number of hydrogen-bond donors (Lipinski definition) is 0. The van der Waals surface area contributed by atoms with Gasteiger partial charge in [0.2, 0.25) is 0 Å². The minimum Gasteiger partial charge on any atom is -0.271 e. The quantitative estimate of drug-likeness (QED) is 0.668. The maximum absolute atomic E-state index is 13.1. The van der Waals surface area contributed by atoms with Gasteiger partial charge < -0.3 is 0 Å². The lowest BCUT2D eigenvalue weighted by molar-refractivity contribution is 0.0474. The Morgan fingerprint density at radius 1 is 1.00 bits per heavy atom. The molecule has 1 aliphatic heterocycles. The Morgan fingerprint density at radius 2 is 1.67 bits per heavy atom. The molecule has 0 saturated heterocycles. The summed E-state index contributed by atoms with van der Waals surface area (Å²) in [7, 11) is 0. The summed E-state index contributed by atoms with van der Waals surface area (Å²) in [5.41, 5.74) is 1.29. The van der Waals surface area contributed by atoms with Crippen LogP contribution in [0.1, 0.15) is 59.7 Å². The lowest BCUT2D eigenvalue weighted by Gasteiger charge is -2.37. The third-order valence-electron chi connectivity index (χ3n) is 5.63. The van der Waals surface area contributed by atoms with Gasteiger partial charge in [-0.1, -0.05) is 47.3 Å². The SMILES string of the molecule is C[C@@H](C1CCCCC1)N1C(=O)c2cccc3c(Br)ccc(c23)C1=O. The van der Waals surface area contributed by atoms with Gasteiger partial charge in [-0.15, -0.1) is 0 Å². The third kappa shape index (κ3) is 2.31. The zero-order chi connectivity index (χ0) is 16.8. The van der Waals surface area contributed by atoms with Gasteiger partial charge in [0, 0.05) is 27.0 Å². The molecule has 4 rings (SSSR count). The summed E-state index contributed by atoms with van der Waals surface area (Å²) in [5, 5.41) is 1.71. The van der Waals surface area contributed by atoms with Crippen LogP contribution in [-0.4, -0.2) is 22.8 Å². The van der Waals surface area contributed by atoms with Crippen molar-refractivity contribution in [3.63, 3.8) is 0 Å². The second kappa shape index (κ2) is 5.99. The highest BCUT2D eigenvalue weighted by Gasteiger charge is 2.38. The Labute approximate surface area is 150 Å². The van der Waals surface area contributed by atoms with Gasteiger partial charge in [0.1, 0.15) is 0 Å². The van der Waals surface area contributed by atoms with E-state index in [1.165, 1.54) is 24.2 Å². The van der Waals surface area contributed by atoms with E-state index in [2.05, 4.69) is 15.9 Å². The Kier molecular flexibility index (Phi) is 3.95. The summed E-state index contributed by atoms with van der Waals surface area (Å²) in [5.74, 6) is 0.131. The fourth-order valence-electron chi connectivity index (χ4n) is 4.28. The molecule has 1 aliphatic carbocycles. The predicted octanol–water partition coefficient (Wildman–Crippen LogP) is 5.17. The van der Waals surface area contributed by atoms with Crippen molar-refractivity contribution in [2.75, 3.05) is 0 Å². The van der Waals surface area contributed by atoms with Gasteiger partial charge in [0.15, 0.2) is 0 Å². The number of imide groups is 1. The largest absolute Gasteiger partial charge is 0.271 e. The highest BCUT2D eigenvalue weighted by molar-refractivity contribution is 9.10. The average Bonchev–Trinajstić information content (AvgIpc) is 2.61. The molecule has 0 aromatic heterocycles. The Bertz CT molecular complexity index is 817. The maximum atomic E-state index is 13.1. The number of benzene rings is 2. The number of amides is 2. The molecule has 1 heterocycles.